The molecule has 1 saturated heterocycles. The van der Waals surface area contributed by atoms with Crippen LogP contribution in [-0.2, 0) is 16.1 Å². The lowest BCUT2D eigenvalue weighted by atomic mass is 9.85. The van der Waals surface area contributed by atoms with Crippen LogP contribution in [0.5, 0.6) is 0 Å². The Kier molecular flexibility index (Phi) is 8.60. The highest BCUT2D eigenvalue weighted by atomic mass is 35.5. The van der Waals surface area contributed by atoms with Gasteiger partial charge < -0.3 is 27.0 Å². The summed E-state index contributed by atoms with van der Waals surface area (Å²) in [5.74, 6) is 0.439. The molecule has 2 aliphatic heterocycles. The molecule has 0 radical (unpaired) electrons. The zero-order valence-corrected chi connectivity index (χ0v) is 20.4. The van der Waals surface area contributed by atoms with Crippen LogP contribution in [0.2, 0.25) is 0 Å². The molecule has 0 saturated carbocycles. The first-order chi connectivity index (χ1) is 17.0. The molecule has 1 fully saturated rings. The molecule has 186 valence electrons. The summed E-state index contributed by atoms with van der Waals surface area (Å²) < 4.78 is 0. The number of alkyl halides is 1. The highest BCUT2D eigenvalue weighted by Crippen LogP contribution is 2.40. The van der Waals surface area contributed by atoms with Crippen molar-refractivity contribution >= 4 is 34.9 Å². The van der Waals surface area contributed by atoms with Gasteiger partial charge in [0, 0.05) is 37.3 Å². The van der Waals surface area contributed by atoms with Crippen molar-refractivity contribution in [3.8, 4) is 0 Å². The summed E-state index contributed by atoms with van der Waals surface area (Å²) in [7, 11) is 0. The number of rotatable bonds is 10. The number of carbonyl (C=O) groups is 2. The summed E-state index contributed by atoms with van der Waals surface area (Å²) in [5.41, 5.74) is 9.06. The third-order valence-corrected chi connectivity index (χ3v) is 6.90. The summed E-state index contributed by atoms with van der Waals surface area (Å²) in [6.07, 6.45) is 1.73. The maximum atomic E-state index is 13.2. The van der Waals surface area contributed by atoms with Gasteiger partial charge in [0.2, 0.25) is 11.8 Å². The van der Waals surface area contributed by atoms with Crippen LogP contribution >= 0.6 is 11.6 Å². The molecule has 8 nitrogen and oxygen atoms in total. The Labute approximate surface area is 211 Å². The summed E-state index contributed by atoms with van der Waals surface area (Å²) in [6.45, 7) is 1.54. The molecule has 2 aromatic carbocycles. The number of halogens is 1. The summed E-state index contributed by atoms with van der Waals surface area (Å²) in [6, 6.07) is 17.2. The third kappa shape index (κ3) is 6.52. The summed E-state index contributed by atoms with van der Waals surface area (Å²) >= 11 is 5.68. The molecule has 35 heavy (non-hydrogen) atoms. The predicted octanol–water partition coefficient (Wildman–Crippen LogP) is 2.10. The first-order valence-corrected chi connectivity index (χ1v) is 12.6. The fraction of sp³-hybridized carbons (Fsp3) is 0.423. The van der Waals surface area contributed by atoms with E-state index >= 15 is 0 Å². The number of carbonyl (C=O) groups excluding carboxylic acids is 2. The zero-order valence-electron chi connectivity index (χ0n) is 19.7. The van der Waals surface area contributed by atoms with Gasteiger partial charge in [-0.3, -0.25) is 14.6 Å². The summed E-state index contributed by atoms with van der Waals surface area (Å²) in [4.78, 5) is 30.5. The van der Waals surface area contributed by atoms with E-state index in [4.69, 9.17) is 17.3 Å². The Morgan fingerprint density at radius 3 is 2.71 bits per heavy atom. The number of amides is 2. The van der Waals surface area contributed by atoms with Gasteiger partial charge in [-0.25, -0.2) is 0 Å². The Morgan fingerprint density at radius 2 is 1.91 bits per heavy atom. The topological polar surface area (TPSA) is 121 Å². The van der Waals surface area contributed by atoms with Crippen LogP contribution in [0.3, 0.4) is 0 Å². The molecule has 0 spiro atoms. The van der Waals surface area contributed by atoms with Crippen LogP contribution in [0.1, 0.15) is 36.3 Å². The Morgan fingerprint density at radius 1 is 1.14 bits per heavy atom. The van der Waals surface area contributed by atoms with Crippen molar-refractivity contribution in [3.05, 3.63) is 65.7 Å². The van der Waals surface area contributed by atoms with Gasteiger partial charge >= 0.3 is 0 Å². The number of nitrogens with one attached hydrogen (secondary N) is 4. The number of nitrogens with two attached hydrogens (primary N) is 1. The molecule has 0 aromatic heterocycles. The smallest absolute Gasteiger partial charge is 0.242 e. The van der Waals surface area contributed by atoms with Crippen molar-refractivity contribution in [2.45, 2.75) is 49.9 Å². The summed E-state index contributed by atoms with van der Waals surface area (Å²) in [5, 5.41) is 12.8. The number of anilines is 1. The average Bonchev–Trinajstić information content (AvgIpc) is 3.27. The lowest BCUT2D eigenvalue weighted by Gasteiger charge is -2.33. The van der Waals surface area contributed by atoms with E-state index in [1.165, 1.54) is 5.56 Å². The highest BCUT2D eigenvalue weighted by molar-refractivity contribution is 6.27. The van der Waals surface area contributed by atoms with Crippen LogP contribution in [0, 0.1) is 0 Å². The fourth-order valence-electron chi connectivity index (χ4n) is 4.77. The first kappa shape index (κ1) is 25.0. The number of hydrogen-bond donors (Lipinski definition) is 5. The molecule has 4 rings (SSSR count). The molecule has 2 aromatic rings. The second kappa shape index (κ2) is 12.0. The fourth-order valence-corrected chi connectivity index (χ4v) is 4.85. The average molecular weight is 497 g/mol. The van der Waals surface area contributed by atoms with Crippen molar-refractivity contribution in [2.24, 2.45) is 10.7 Å². The molecule has 0 bridgehead atoms. The minimum Gasteiger partial charge on any atom is -0.386 e. The number of amidine groups is 1. The third-order valence-electron chi connectivity index (χ3n) is 6.62. The van der Waals surface area contributed by atoms with E-state index in [0.29, 0.717) is 44.7 Å². The Hall–Kier alpha value is -3.10. The molecule has 9 heteroatoms. The van der Waals surface area contributed by atoms with Crippen LogP contribution in [0.4, 0.5) is 5.69 Å². The van der Waals surface area contributed by atoms with Gasteiger partial charge in [0.15, 0.2) is 0 Å². The number of piperidine rings is 1. The van der Waals surface area contributed by atoms with E-state index in [1.54, 1.807) is 0 Å². The normalized spacial score (nSPS) is 21.9. The molecule has 4 atom stereocenters. The van der Waals surface area contributed by atoms with Crippen molar-refractivity contribution < 1.29 is 9.59 Å². The quantitative estimate of drug-likeness (QED) is 0.149. The predicted molar refractivity (Wildman–Crippen MR) is 140 cm³/mol. The van der Waals surface area contributed by atoms with E-state index in [1.807, 2.05) is 42.5 Å². The standard InChI is InChI=1S/C26H33ClN6O2/c27-14-24(28)29-12-6-11-21(25(34)31-15-17-7-2-1-3-8-17)33-26(35)22-13-19-18-9-4-5-10-20(18)32-23(19)16-30-22/h1-5,7-10,19,21-23,30,32H,6,11-16H2,(H2,28,29)(H,31,34)(H,33,35)/t19?,21-,22-,23?/m0/s1. The molecule has 2 aliphatic rings. The van der Waals surface area contributed by atoms with Crippen LogP contribution < -0.4 is 27.0 Å². The van der Waals surface area contributed by atoms with Gasteiger partial charge in [0.1, 0.15) is 11.9 Å². The first-order valence-electron chi connectivity index (χ1n) is 12.1. The van der Waals surface area contributed by atoms with Crippen molar-refractivity contribution in [1.82, 2.24) is 16.0 Å². The van der Waals surface area contributed by atoms with E-state index in [-0.39, 0.29) is 35.7 Å². The number of aliphatic imine (C=N–C) groups is 1. The van der Waals surface area contributed by atoms with Gasteiger partial charge in [-0.15, -0.1) is 11.6 Å². The van der Waals surface area contributed by atoms with Gasteiger partial charge in [0.05, 0.1) is 11.9 Å². The number of para-hydroxylation sites is 1. The SMILES string of the molecule is NC(CCl)=NCCC[C@H](NC(=O)[C@@H]1CC2c3ccccc3NC2CN1)C(=O)NCc1ccccc1. The van der Waals surface area contributed by atoms with E-state index in [9.17, 15) is 9.59 Å². The second-order valence-corrected chi connectivity index (χ2v) is 9.32. The van der Waals surface area contributed by atoms with Crippen molar-refractivity contribution in [2.75, 3.05) is 24.3 Å². The highest BCUT2D eigenvalue weighted by Gasteiger charge is 2.39. The lowest BCUT2D eigenvalue weighted by Crippen LogP contribution is -2.57. The maximum absolute atomic E-state index is 13.2. The molecule has 0 aliphatic carbocycles. The van der Waals surface area contributed by atoms with E-state index in [2.05, 4.69) is 38.4 Å². The van der Waals surface area contributed by atoms with Gasteiger partial charge in [-0.2, -0.15) is 0 Å². The molecule has 2 unspecified atom stereocenters. The molecule has 2 amide bonds. The number of fused-ring (bicyclic) bond motifs is 3. The van der Waals surface area contributed by atoms with E-state index in [0.717, 1.165) is 11.3 Å². The van der Waals surface area contributed by atoms with Crippen LogP contribution in [0.25, 0.3) is 0 Å². The van der Waals surface area contributed by atoms with Gasteiger partial charge in [-0.05, 0) is 36.5 Å². The molecular formula is C26H33ClN6O2. The minimum atomic E-state index is -0.660. The van der Waals surface area contributed by atoms with Crippen LogP contribution in [0.15, 0.2) is 59.6 Å². The maximum Gasteiger partial charge on any atom is 0.242 e. The lowest BCUT2D eigenvalue weighted by molar-refractivity contribution is -0.130. The van der Waals surface area contributed by atoms with E-state index < -0.39 is 6.04 Å². The monoisotopic (exact) mass is 496 g/mol. The largest absolute Gasteiger partial charge is 0.386 e. The molecule has 6 N–H and O–H groups in total. The van der Waals surface area contributed by atoms with Crippen molar-refractivity contribution in [1.29, 1.82) is 0 Å². The minimum absolute atomic E-state index is 0.156. The number of nitrogens with zero attached hydrogens (tertiary/aromatic N) is 1. The molecular weight excluding hydrogens is 464 g/mol. The Bertz CT molecular complexity index is 1050. The number of hydrogen-bond acceptors (Lipinski definition) is 5. The van der Waals surface area contributed by atoms with Gasteiger partial charge in [0.25, 0.3) is 0 Å². The Balaban J connectivity index is 1.37. The van der Waals surface area contributed by atoms with Crippen LogP contribution in [-0.4, -0.2) is 54.7 Å². The second-order valence-electron chi connectivity index (χ2n) is 9.05. The number of benzene rings is 2. The molecule has 2 heterocycles. The van der Waals surface area contributed by atoms with Crippen molar-refractivity contribution in [3.63, 3.8) is 0 Å². The van der Waals surface area contributed by atoms with Gasteiger partial charge in [-0.1, -0.05) is 48.5 Å². The zero-order chi connectivity index (χ0) is 24.6.